The van der Waals surface area contributed by atoms with Crippen LogP contribution in [0.3, 0.4) is 0 Å². The molecule has 3 rings (SSSR count). The minimum Gasteiger partial charge on any atom is -0.381 e. The molecule has 1 heterocycles. The summed E-state index contributed by atoms with van der Waals surface area (Å²) in [5.74, 6) is -0.0315. The van der Waals surface area contributed by atoms with Gasteiger partial charge in [-0.3, -0.25) is 9.59 Å². The van der Waals surface area contributed by atoms with Crippen LogP contribution >= 0.6 is 0 Å². The molecule has 1 aliphatic heterocycles. The summed E-state index contributed by atoms with van der Waals surface area (Å²) in [6.45, 7) is 1.00. The van der Waals surface area contributed by atoms with Gasteiger partial charge in [-0.1, -0.05) is 25.3 Å². The smallest absolute Gasteiger partial charge is 0.244 e. The van der Waals surface area contributed by atoms with Gasteiger partial charge in [0.15, 0.2) is 0 Å². The number of carbonyl (C=O) groups is 2. The van der Waals surface area contributed by atoms with Gasteiger partial charge < -0.3 is 21.1 Å². The topological polar surface area (TPSA) is 93.5 Å². The summed E-state index contributed by atoms with van der Waals surface area (Å²) in [5.41, 5.74) is 6.66. The molecule has 136 valence electrons. The van der Waals surface area contributed by atoms with Gasteiger partial charge in [0.25, 0.3) is 0 Å². The zero-order valence-electron chi connectivity index (χ0n) is 14.6. The first-order chi connectivity index (χ1) is 12.1. The first kappa shape index (κ1) is 17.9. The van der Waals surface area contributed by atoms with E-state index in [4.69, 9.17) is 10.5 Å². The number of carbonyl (C=O) groups excluding carboxylic acids is 2. The van der Waals surface area contributed by atoms with E-state index in [1.54, 1.807) is 12.1 Å². The lowest BCUT2D eigenvalue weighted by Crippen LogP contribution is -2.54. The Morgan fingerprint density at radius 3 is 2.36 bits per heavy atom. The molecule has 6 heteroatoms. The fourth-order valence-electron chi connectivity index (χ4n) is 3.50. The van der Waals surface area contributed by atoms with Crippen molar-refractivity contribution in [3.05, 3.63) is 24.3 Å². The van der Waals surface area contributed by atoms with E-state index < -0.39 is 5.54 Å². The minimum absolute atomic E-state index is 0.0721. The highest BCUT2D eigenvalue weighted by atomic mass is 16.5. The van der Waals surface area contributed by atoms with Gasteiger partial charge in [0.05, 0.1) is 0 Å². The van der Waals surface area contributed by atoms with E-state index in [2.05, 4.69) is 10.6 Å². The average molecular weight is 345 g/mol. The molecule has 2 fully saturated rings. The number of anilines is 2. The second kappa shape index (κ2) is 7.97. The fraction of sp³-hybridized carbons (Fsp3) is 0.579. The standard InChI is InChI=1S/C19H27N3O3/c20-19(9-11-25-12-10-19)18(24)22-16-8-4-7-15(13-16)21-17(23)14-5-2-1-3-6-14/h4,7-8,13-14H,1-3,5-6,9-12,20H2,(H,21,23)(H,22,24). The molecule has 1 saturated heterocycles. The molecule has 1 aromatic rings. The monoisotopic (exact) mass is 345 g/mol. The van der Waals surface area contributed by atoms with E-state index in [0.717, 1.165) is 25.7 Å². The van der Waals surface area contributed by atoms with Crippen LogP contribution in [0.15, 0.2) is 24.3 Å². The highest BCUT2D eigenvalue weighted by molar-refractivity contribution is 5.99. The zero-order valence-corrected chi connectivity index (χ0v) is 14.6. The average Bonchev–Trinajstić information content (AvgIpc) is 2.63. The normalized spacial score (nSPS) is 20.7. The van der Waals surface area contributed by atoms with E-state index in [9.17, 15) is 9.59 Å². The molecule has 1 aliphatic carbocycles. The number of nitrogens with one attached hydrogen (secondary N) is 2. The first-order valence-corrected chi connectivity index (χ1v) is 9.16. The van der Waals surface area contributed by atoms with Crippen molar-refractivity contribution in [1.29, 1.82) is 0 Å². The van der Waals surface area contributed by atoms with E-state index in [0.29, 0.717) is 37.4 Å². The molecule has 6 nitrogen and oxygen atoms in total. The minimum atomic E-state index is -0.889. The SMILES string of the molecule is NC1(C(=O)Nc2cccc(NC(=O)C3CCCCC3)c2)CCOCC1. The number of benzene rings is 1. The molecule has 1 aromatic carbocycles. The quantitative estimate of drug-likeness (QED) is 0.782. The van der Waals surface area contributed by atoms with Crippen molar-refractivity contribution in [1.82, 2.24) is 0 Å². The second-order valence-corrected chi connectivity index (χ2v) is 7.13. The Morgan fingerprint density at radius 1 is 1.04 bits per heavy atom. The fourth-order valence-corrected chi connectivity index (χ4v) is 3.50. The van der Waals surface area contributed by atoms with Crippen LogP contribution < -0.4 is 16.4 Å². The summed E-state index contributed by atoms with van der Waals surface area (Å²) >= 11 is 0. The highest BCUT2D eigenvalue weighted by Crippen LogP contribution is 2.26. The lowest BCUT2D eigenvalue weighted by atomic mass is 9.88. The van der Waals surface area contributed by atoms with Gasteiger partial charge in [-0.15, -0.1) is 0 Å². The van der Waals surface area contributed by atoms with Crippen molar-refractivity contribution in [2.45, 2.75) is 50.5 Å². The van der Waals surface area contributed by atoms with Crippen LogP contribution in [0.4, 0.5) is 11.4 Å². The molecule has 0 radical (unpaired) electrons. The zero-order chi connectivity index (χ0) is 17.7. The number of ether oxygens (including phenoxy) is 1. The van der Waals surface area contributed by atoms with Crippen molar-refractivity contribution >= 4 is 23.2 Å². The molecular formula is C19H27N3O3. The van der Waals surface area contributed by atoms with Gasteiger partial charge in [-0.2, -0.15) is 0 Å². The molecule has 0 atom stereocenters. The van der Waals surface area contributed by atoms with E-state index in [1.165, 1.54) is 6.42 Å². The Hall–Kier alpha value is -1.92. The number of rotatable bonds is 4. The molecule has 1 saturated carbocycles. The predicted molar refractivity (Wildman–Crippen MR) is 97.2 cm³/mol. The van der Waals surface area contributed by atoms with Gasteiger partial charge >= 0.3 is 0 Å². The third kappa shape index (κ3) is 4.58. The summed E-state index contributed by atoms with van der Waals surface area (Å²) in [6, 6.07) is 7.24. The van der Waals surface area contributed by atoms with E-state index >= 15 is 0 Å². The molecule has 2 amide bonds. The van der Waals surface area contributed by atoms with Gasteiger partial charge in [-0.05, 0) is 43.9 Å². The molecule has 4 N–H and O–H groups in total. The third-order valence-electron chi connectivity index (χ3n) is 5.20. The number of hydrogen-bond donors (Lipinski definition) is 3. The van der Waals surface area contributed by atoms with Crippen molar-refractivity contribution in [2.75, 3.05) is 23.8 Å². The summed E-state index contributed by atoms with van der Waals surface area (Å²) in [4.78, 5) is 24.9. The highest BCUT2D eigenvalue weighted by Gasteiger charge is 2.35. The molecule has 0 bridgehead atoms. The maximum atomic E-state index is 12.5. The Balaban J connectivity index is 1.61. The Morgan fingerprint density at radius 2 is 1.68 bits per heavy atom. The van der Waals surface area contributed by atoms with Gasteiger partial charge in [0.1, 0.15) is 5.54 Å². The van der Waals surface area contributed by atoms with Gasteiger partial charge in [0.2, 0.25) is 11.8 Å². The molecule has 0 unspecified atom stereocenters. The maximum absolute atomic E-state index is 12.5. The van der Waals surface area contributed by atoms with Gasteiger partial charge in [-0.25, -0.2) is 0 Å². The van der Waals surface area contributed by atoms with Crippen molar-refractivity contribution in [3.8, 4) is 0 Å². The van der Waals surface area contributed by atoms with E-state index in [-0.39, 0.29) is 17.7 Å². The summed E-state index contributed by atoms with van der Waals surface area (Å²) in [5, 5.41) is 5.85. The van der Waals surface area contributed by atoms with Crippen LogP contribution in [0.25, 0.3) is 0 Å². The second-order valence-electron chi connectivity index (χ2n) is 7.13. The number of nitrogens with two attached hydrogens (primary N) is 1. The summed E-state index contributed by atoms with van der Waals surface area (Å²) in [7, 11) is 0. The maximum Gasteiger partial charge on any atom is 0.244 e. The van der Waals surface area contributed by atoms with Crippen molar-refractivity contribution < 1.29 is 14.3 Å². The van der Waals surface area contributed by atoms with E-state index in [1.807, 2.05) is 12.1 Å². The summed E-state index contributed by atoms with van der Waals surface area (Å²) < 4.78 is 5.28. The lowest BCUT2D eigenvalue weighted by molar-refractivity contribution is -0.124. The van der Waals surface area contributed by atoms with Crippen molar-refractivity contribution in [2.24, 2.45) is 11.7 Å². The Bertz CT molecular complexity index is 620. The third-order valence-corrected chi connectivity index (χ3v) is 5.20. The van der Waals surface area contributed by atoms with Crippen LogP contribution in [0.2, 0.25) is 0 Å². The van der Waals surface area contributed by atoms with Crippen LogP contribution in [0.5, 0.6) is 0 Å². The lowest BCUT2D eigenvalue weighted by Gasteiger charge is -2.31. The Labute approximate surface area is 148 Å². The number of hydrogen-bond acceptors (Lipinski definition) is 4. The van der Waals surface area contributed by atoms with Crippen LogP contribution in [-0.4, -0.2) is 30.6 Å². The first-order valence-electron chi connectivity index (χ1n) is 9.16. The summed E-state index contributed by atoms with van der Waals surface area (Å²) in [6.07, 6.45) is 6.40. The van der Waals surface area contributed by atoms with Gasteiger partial charge in [0, 0.05) is 30.5 Å². The number of amides is 2. The molecule has 25 heavy (non-hydrogen) atoms. The molecule has 0 spiro atoms. The predicted octanol–water partition coefficient (Wildman–Crippen LogP) is 2.65. The Kier molecular flexibility index (Phi) is 5.71. The molecular weight excluding hydrogens is 318 g/mol. The van der Waals surface area contributed by atoms with Crippen LogP contribution in [0, 0.1) is 5.92 Å². The van der Waals surface area contributed by atoms with Crippen molar-refractivity contribution in [3.63, 3.8) is 0 Å². The van der Waals surface area contributed by atoms with Crippen LogP contribution in [0.1, 0.15) is 44.9 Å². The molecule has 2 aliphatic rings. The molecule has 0 aromatic heterocycles. The largest absolute Gasteiger partial charge is 0.381 e. The van der Waals surface area contributed by atoms with Crippen LogP contribution in [-0.2, 0) is 14.3 Å².